The van der Waals surface area contributed by atoms with Crippen molar-refractivity contribution in [3.05, 3.63) is 69.9 Å². The Morgan fingerprint density at radius 2 is 1.86 bits per heavy atom. The minimum absolute atomic E-state index is 0.188. The minimum atomic E-state index is -0.188. The van der Waals surface area contributed by atoms with Crippen molar-refractivity contribution >= 4 is 15.9 Å². The van der Waals surface area contributed by atoms with Crippen LogP contribution in [0.3, 0.4) is 0 Å². The van der Waals surface area contributed by atoms with Gasteiger partial charge in [-0.2, -0.15) is 0 Å². The second-order valence-corrected chi connectivity index (χ2v) is 6.57. The van der Waals surface area contributed by atoms with Gasteiger partial charge in [0.05, 0.1) is 4.47 Å². The van der Waals surface area contributed by atoms with Crippen LogP contribution in [0, 0.1) is 5.82 Å². The highest BCUT2D eigenvalue weighted by Gasteiger charge is 2.49. The third kappa shape index (κ3) is 2.77. The molecule has 0 heterocycles. The second-order valence-electron chi connectivity index (χ2n) is 5.78. The summed E-state index contributed by atoms with van der Waals surface area (Å²) < 4.78 is 14.3. The molecule has 1 aliphatic rings. The largest absolute Gasteiger partial charge is 0.316 e. The van der Waals surface area contributed by atoms with E-state index in [0.717, 1.165) is 12.0 Å². The third-order valence-electron chi connectivity index (χ3n) is 4.61. The summed E-state index contributed by atoms with van der Waals surface area (Å²) in [5.74, 6) is -0.188. The lowest BCUT2D eigenvalue weighted by Crippen LogP contribution is -2.39. The maximum absolute atomic E-state index is 13.7. The van der Waals surface area contributed by atoms with Gasteiger partial charge in [-0.05, 0) is 59.4 Å². The summed E-state index contributed by atoms with van der Waals surface area (Å²) in [6, 6.07) is 16.3. The fraction of sp³-hybridized carbons (Fsp3) is 0.333. The zero-order valence-electron chi connectivity index (χ0n) is 12.1. The standard InChI is InChI=1S/C18H19BrFN/c1-21-16(12-13-6-5-9-15(20)17(13)19)18(10-11-18)14-7-3-2-4-8-14/h2-9,16,21H,10-12H2,1H3. The normalized spacial score (nSPS) is 17.5. The average molecular weight is 348 g/mol. The van der Waals surface area contributed by atoms with Crippen molar-refractivity contribution in [1.29, 1.82) is 0 Å². The molecule has 0 radical (unpaired) electrons. The number of hydrogen-bond donors (Lipinski definition) is 1. The molecule has 0 bridgehead atoms. The van der Waals surface area contributed by atoms with Crippen LogP contribution in [0.15, 0.2) is 53.0 Å². The number of halogens is 2. The Bertz CT molecular complexity index is 622. The lowest BCUT2D eigenvalue weighted by atomic mass is 9.84. The van der Waals surface area contributed by atoms with Gasteiger partial charge in [0.2, 0.25) is 0 Å². The first-order chi connectivity index (χ1) is 10.2. The number of likely N-dealkylation sites (N-methyl/N-ethyl adjacent to an activating group) is 1. The van der Waals surface area contributed by atoms with Crippen molar-refractivity contribution in [2.24, 2.45) is 0 Å². The monoisotopic (exact) mass is 347 g/mol. The van der Waals surface area contributed by atoms with Crippen LogP contribution in [0.2, 0.25) is 0 Å². The van der Waals surface area contributed by atoms with E-state index in [-0.39, 0.29) is 11.2 Å². The van der Waals surface area contributed by atoms with E-state index >= 15 is 0 Å². The molecule has 0 spiro atoms. The predicted molar refractivity (Wildman–Crippen MR) is 88.0 cm³/mol. The summed E-state index contributed by atoms with van der Waals surface area (Å²) >= 11 is 3.38. The minimum Gasteiger partial charge on any atom is -0.316 e. The van der Waals surface area contributed by atoms with Gasteiger partial charge in [0, 0.05) is 11.5 Å². The molecule has 3 heteroatoms. The van der Waals surface area contributed by atoms with Crippen LogP contribution >= 0.6 is 15.9 Å². The summed E-state index contributed by atoms with van der Waals surface area (Å²) in [5.41, 5.74) is 2.61. The maximum atomic E-state index is 13.7. The summed E-state index contributed by atoms with van der Waals surface area (Å²) in [4.78, 5) is 0. The van der Waals surface area contributed by atoms with Crippen molar-refractivity contribution in [3.8, 4) is 0 Å². The fourth-order valence-electron chi connectivity index (χ4n) is 3.24. The maximum Gasteiger partial charge on any atom is 0.137 e. The topological polar surface area (TPSA) is 12.0 Å². The number of hydrogen-bond acceptors (Lipinski definition) is 1. The van der Waals surface area contributed by atoms with Crippen molar-refractivity contribution < 1.29 is 4.39 Å². The molecule has 1 fully saturated rings. The average Bonchev–Trinajstić information content (AvgIpc) is 3.31. The zero-order valence-corrected chi connectivity index (χ0v) is 13.7. The molecule has 0 amide bonds. The van der Waals surface area contributed by atoms with E-state index < -0.39 is 0 Å². The van der Waals surface area contributed by atoms with Gasteiger partial charge in [-0.25, -0.2) is 4.39 Å². The molecule has 0 saturated heterocycles. The Morgan fingerprint density at radius 1 is 1.14 bits per heavy atom. The number of benzene rings is 2. The van der Waals surface area contributed by atoms with E-state index in [1.165, 1.54) is 24.5 Å². The Morgan fingerprint density at radius 3 is 2.48 bits per heavy atom. The van der Waals surface area contributed by atoms with Crippen LogP contribution in [-0.4, -0.2) is 13.1 Å². The van der Waals surface area contributed by atoms with Gasteiger partial charge in [-0.15, -0.1) is 0 Å². The Balaban J connectivity index is 1.88. The fourth-order valence-corrected chi connectivity index (χ4v) is 3.67. The summed E-state index contributed by atoms with van der Waals surface area (Å²) in [6.07, 6.45) is 3.20. The lowest BCUT2D eigenvalue weighted by molar-refractivity contribution is 0.441. The van der Waals surface area contributed by atoms with Crippen LogP contribution in [0.1, 0.15) is 24.0 Å². The van der Waals surface area contributed by atoms with E-state index in [2.05, 4.69) is 51.6 Å². The first-order valence-corrected chi connectivity index (χ1v) is 8.12. The van der Waals surface area contributed by atoms with E-state index in [0.29, 0.717) is 10.5 Å². The molecule has 3 rings (SSSR count). The van der Waals surface area contributed by atoms with Crippen LogP contribution < -0.4 is 5.32 Å². The molecule has 1 N–H and O–H groups in total. The van der Waals surface area contributed by atoms with E-state index in [1.807, 2.05) is 13.1 Å². The van der Waals surface area contributed by atoms with E-state index in [1.54, 1.807) is 6.07 Å². The highest BCUT2D eigenvalue weighted by Crippen LogP contribution is 2.51. The molecule has 1 atom stereocenters. The van der Waals surface area contributed by atoms with E-state index in [9.17, 15) is 4.39 Å². The predicted octanol–water partition coefficient (Wildman–Crippen LogP) is 4.45. The van der Waals surface area contributed by atoms with Crippen molar-refractivity contribution in [2.45, 2.75) is 30.7 Å². The van der Waals surface area contributed by atoms with Gasteiger partial charge >= 0.3 is 0 Å². The number of rotatable bonds is 5. The summed E-state index contributed by atoms with van der Waals surface area (Å²) in [6.45, 7) is 0. The quantitative estimate of drug-likeness (QED) is 0.842. The molecule has 1 aliphatic carbocycles. The molecule has 1 unspecified atom stereocenters. The summed E-state index contributed by atoms with van der Waals surface area (Å²) in [7, 11) is 2.00. The van der Waals surface area contributed by atoms with Crippen molar-refractivity contribution in [2.75, 3.05) is 7.05 Å². The molecule has 21 heavy (non-hydrogen) atoms. The SMILES string of the molecule is CNC(Cc1cccc(F)c1Br)C1(c2ccccc2)CC1. The van der Waals surface area contributed by atoms with Crippen molar-refractivity contribution in [1.82, 2.24) is 5.32 Å². The van der Waals surface area contributed by atoms with Crippen molar-refractivity contribution in [3.63, 3.8) is 0 Å². The molecule has 0 aliphatic heterocycles. The first-order valence-electron chi connectivity index (χ1n) is 7.33. The molecule has 2 aromatic carbocycles. The molecule has 0 aromatic heterocycles. The lowest BCUT2D eigenvalue weighted by Gasteiger charge is -2.28. The highest BCUT2D eigenvalue weighted by molar-refractivity contribution is 9.10. The van der Waals surface area contributed by atoms with E-state index in [4.69, 9.17) is 0 Å². The highest BCUT2D eigenvalue weighted by atomic mass is 79.9. The molecule has 110 valence electrons. The Hall–Kier alpha value is -1.19. The first kappa shape index (κ1) is 14.7. The Kier molecular flexibility index (Phi) is 4.14. The smallest absolute Gasteiger partial charge is 0.137 e. The second kappa shape index (κ2) is 5.90. The van der Waals surface area contributed by atoms with Gasteiger partial charge < -0.3 is 5.32 Å². The van der Waals surface area contributed by atoms with Crippen LogP contribution in [0.4, 0.5) is 4.39 Å². The van der Waals surface area contributed by atoms with Gasteiger partial charge in [-0.3, -0.25) is 0 Å². The number of nitrogens with one attached hydrogen (secondary N) is 1. The van der Waals surface area contributed by atoms with Crippen LogP contribution in [0.5, 0.6) is 0 Å². The van der Waals surface area contributed by atoms with Gasteiger partial charge in [-0.1, -0.05) is 42.5 Å². The molecule has 1 saturated carbocycles. The van der Waals surface area contributed by atoms with Crippen LogP contribution in [0.25, 0.3) is 0 Å². The molecular weight excluding hydrogens is 329 g/mol. The molecule has 1 nitrogen and oxygen atoms in total. The zero-order chi connectivity index (χ0) is 14.9. The Labute approximate surface area is 133 Å². The third-order valence-corrected chi connectivity index (χ3v) is 5.50. The van der Waals surface area contributed by atoms with Gasteiger partial charge in [0.1, 0.15) is 5.82 Å². The molecular formula is C18H19BrFN. The summed E-state index contributed by atoms with van der Waals surface area (Å²) in [5, 5.41) is 3.46. The van der Waals surface area contributed by atoms with Gasteiger partial charge in [0.15, 0.2) is 0 Å². The molecule has 2 aromatic rings. The van der Waals surface area contributed by atoms with Gasteiger partial charge in [0.25, 0.3) is 0 Å². The van der Waals surface area contributed by atoms with Crippen LogP contribution in [-0.2, 0) is 11.8 Å².